The topological polar surface area (TPSA) is 97.0 Å². The molecule has 0 radical (unpaired) electrons. The average Bonchev–Trinajstić information content (AvgIpc) is 2.85. The number of carbonyl (C=O) groups is 1. The lowest BCUT2D eigenvalue weighted by Crippen LogP contribution is -2.47. The molecule has 2 rings (SSSR count). The van der Waals surface area contributed by atoms with Gasteiger partial charge in [-0.2, -0.15) is 5.10 Å². The third-order valence-corrected chi connectivity index (χ3v) is 3.34. The van der Waals surface area contributed by atoms with Crippen molar-refractivity contribution in [2.45, 2.75) is 13.0 Å². The highest BCUT2D eigenvalue weighted by molar-refractivity contribution is 7.80. The molecule has 1 unspecified atom stereocenters. The van der Waals surface area contributed by atoms with Gasteiger partial charge in [-0.15, -0.1) is 0 Å². The first kappa shape index (κ1) is 15.8. The van der Waals surface area contributed by atoms with Gasteiger partial charge in [0.25, 0.3) is 5.91 Å². The van der Waals surface area contributed by atoms with E-state index in [4.69, 9.17) is 18.0 Å². The lowest BCUT2D eigenvalue weighted by atomic mass is 10.1. The van der Waals surface area contributed by atoms with Crippen LogP contribution in [0.5, 0.6) is 0 Å². The smallest absolute Gasteiger partial charge is 0.290 e. The molecule has 1 heterocycles. The molecule has 2 aromatic rings. The number of aromatic nitrogens is 2. The Morgan fingerprint density at radius 2 is 2.00 bits per heavy atom. The van der Waals surface area contributed by atoms with Crippen LogP contribution in [0.25, 0.3) is 0 Å². The van der Waals surface area contributed by atoms with Gasteiger partial charge in [0.2, 0.25) is 0 Å². The summed E-state index contributed by atoms with van der Waals surface area (Å²) in [5.74, 6) is -0.408. The molecule has 0 fully saturated rings. The van der Waals surface area contributed by atoms with Crippen LogP contribution in [-0.4, -0.2) is 20.8 Å². The van der Waals surface area contributed by atoms with Crippen molar-refractivity contribution < 1.29 is 4.79 Å². The monoisotopic (exact) mass is 318 g/mol. The number of anilines is 1. The van der Waals surface area contributed by atoms with Crippen LogP contribution in [0.15, 0.2) is 36.5 Å². The minimum absolute atomic E-state index is 0.0138. The zero-order valence-corrected chi connectivity index (χ0v) is 13.1. The fourth-order valence-corrected chi connectivity index (χ4v) is 2.19. The number of rotatable bonds is 3. The fourth-order valence-electron chi connectivity index (χ4n) is 1.96. The summed E-state index contributed by atoms with van der Waals surface area (Å²) in [7, 11) is 1.64. The molecule has 1 atom stereocenters. The Morgan fingerprint density at radius 3 is 2.59 bits per heavy atom. The number of hydrogen-bond donors (Lipinski definition) is 4. The molecule has 0 aliphatic carbocycles. The van der Waals surface area contributed by atoms with Gasteiger partial charge in [0.15, 0.2) is 10.8 Å². The summed E-state index contributed by atoms with van der Waals surface area (Å²) in [4.78, 5) is 12.0. The first-order chi connectivity index (χ1) is 10.5. The molecule has 8 heteroatoms. The van der Waals surface area contributed by atoms with Crippen molar-refractivity contribution in [3.63, 3.8) is 0 Å². The number of nitrogens with two attached hydrogens (primary N) is 1. The molecule has 5 N–H and O–H groups in total. The molecule has 0 aliphatic heterocycles. The van der Waals surface area contributed by atoms with E-state index in [1.807, 2.05) is 37.3 Å². The summed E-state index contributed by atoms with van der Waals surface area (Å²) in [5, 5.41) is 7.30. The molecule has 116 valence electrons. The molecular formula is C14H18N6OS. The second-order valence-electron chi connectivity index (χ2n) is 4.76. The average molecular weight is 318 g/mol. The van der Waals surface area contributed by atoms with E-state index in [-0.39, 0.29) is 11.7 Å². The summed E-state index contributed by atoms with van der Waals surface area (Å²) in [5.41, 5.74) is 12.5. The van der Waals surface area contributed by atoms with Crippen molar-refractivity contribution in [1.82, 2.24) is 25.9 Å². The largest absolute Gasteiger partial charge is 0.396 e. The summed E-state index contributed by atoms with van der Waals surface area (Å²) >= 11 is 5.15. The minimum atomic E-state index is -0.408. The van der Waals surface area contributed by atoms with Gasteiger partial charge in [0.1, 0.15) is 0 Å². The van der Waals surface area contributed by atoms with Crippen LogP contribution in [0, 0.1) is 0 Å². The van der Waals surface area contributed by atoms with Gasteiger partial charge >= 0.3 is 0 Å². The third-order valence-electron chi connectivity index (χ3n) is 3.12. The maximum Gasteiger partial charge on any atom is 0.290 e. The Kier molecular flexibility index (Phi) is 4.95. The summed E-state index contributed by atoms with van der Waals surface area (Å²) < 4.78 is 1.40. The second kappa shape index (κ2) is 6.90. The molecule has 0 saturated carbocycles. The standard InChI is InChI=1S/C14H18N6OS/c1-9(10-6-4-3-5-7-10)17-14(22)19-18-13(21)12-11(15)8-16-20(12)2/h3-9H,15H2,1-2H3,(H,18,21)(H2,17,19,22). The number of nitrogens with one attached hydrogen (secondary N) is 3. The van der Waals surface area contributed by atoms with Crippen LogP contribution in [0.4, 0.5) is 5.69 Å². The highest BCUT2D eigenvalue weighted by Gasteiger charge is 2.15. The predicted octanol–water partition coefficient (Wildman–Crippen LogP) is 0.872. The molecule has 0 saturated heterocycles. The van der Waals surface area contributed by atoms with E-state index in [1.54, 1.807) is 7.05 Å². The number of carbonyl (C=O) groups excluding carboxylic acids is 1. The molecule has 0 aliphatic rings. The number of aryl methyl sites for hydroxylation is 1. The molecule has 1 amide bonds. The fraction of sp³-hybridized carbons (Fsp3) is 0.214. The second-order valence-corrected chi connectivity index (χ2v) is 5.17. The maximum absolute atomic E-state index is 12.0. The zero-order chi connectivity index (χ0) is 16.1. The van der Waals surface area contributed by atoms with Gasteiger partial charge in [-0.05, 0) is 24.7 Å². The minimum Gasteiger partial charge on any atom is -0.396 e. The van der Waals surface area contributed by atoms with Crippen LogP contribution in [0.1, 0.15) is 29.0 Å². The van der Waals surface area contributed by atoms with E-state index in [0.717, 1.165) is 5.56 Å². The Hall–Kier alpha value is -2.61. The van der Waals surface area contributed by atoms with Gasteiger partial charge in [0, 0.05) is 7.05 Å². The molecule has 1 aromatic heterocycles. The van der Waals surface area contributed by atoms with Crippen LogP contribution >= 0.6 is 12.2 Å². The van der Waals surface area contributed by atoms with Crippen LogP contribution < -0.4 is 21.9 Å². The van der Waals surface area contributed by atoms with Crippen LogP contribution in [0.2, 0.25) is 0 Å². The Balaban J connectivity index is 1.87. The number of hydrazine groups is 1. The van der Waals surface area contributed by atoms with Crippen molar-refractivity contribution in [2.24, 2.45) is 7.05 Å². The van der Waals surface area contributed by atoms with E-state index in [0.29, 0.717) is 10.8 Å². The SMILES string of the molecule is CC(NC(=S)NNC(=O)c1c(N)cnn1C)c1ccccc1. The molecule has 22 heavy (non-hydrogen) atoms. The summed E-state index contributed by atoms with van der Waals surface area (Å²) in [6, 6.07) is 9.86. The predicted molar refractivity (Wildman–Crippen MR) is 88.8 cm³/mol. The highest BCUT2D eigenvalue weighted by Crippen LogP contribution is 2.10. The Morgan fingerprint density at radius 1 is 1.32 bits per heavy atom. The van der Waals surface area contributed by atoms with Gasteiger partial charge in [-0.3, -0.25) is 20.3 Å². The van der Waals surface area contributed by atoms with Crippen LogP contribution in [0.3, 0.4) is 0 Å². The quantitative estimate of drug-likeness (QED) is 0.495. The highest BCUT2D eigenvalue weighted by atomic mass is 32.1. The number of hydrogen-bond acceptors (Lipinski definition) is 4. The first-order valence-electron chi connectivity index (χ1n) is 6.68. The molecular weight excluding hydrogens is 300 g/mol. The van der Waals surface area contributed by atoms with Crippen molar-refractivity contribution in [3.05, 3.63) is 47.8 Å². The van der Waals surface area contributed by atoms with Crippen molar-refractivity contribution in [1.29, 1.82) is 0 Å². The molecule has 1 aromatic carbocycles. The Bertz CT molecular complexity index is 650. The molecule has 7 nitrogen and oxygen atoms in total. The Labute approximate surface area is 133 Å². The number of benzene rings is 1. The summed E-state index contributed by atoms with van der Waals surface area (Å²) in [6.45, 7) is 1.98. The number of nitrogens with zero attached hydrogens (tertiary/aromatic N) is 2. The lowest BCUT2D eigenvalue weighted by molar-refractivity contribution is 0.0935. The first-order valence-corrected chi connectivity index (χ1v) is 7.09. The molecule has 0 spiro atoms. The van der Waals surface area contributed by atoms with E-state index in [9.17, 15) is 4.79 Å². The lowest BCUT2D eigenvalue weighted by Gasteiger charge is -2.17. The number of nitrogen functional groups attached to an aromatic ring is 1. The van der Waals surface area contributed by atoms with Crippen LogP contribution in [-0.2, 0) is 7.05 Å². The van der Waals surface area contributed by atoms with E-state index in [2.05, 4.69) is 21.3 Å². The van der Waals surface area contributed by atoms with Crippen molar-refractivity contribution in [3.8, 4) is 0 Å². The summed E-state index contributed by atoms with van der Waals surface area (Å²) in [6.07, 6.45) is 1.42. The third kappa shape index (κ3) is 3.73. The normalized spacial score (nSPS) is 11.5. The van der Waals surface area contributed by atoms with Gasteiger partial charge in [-0.1, -0.05) is 30.3 Å². The number of amides is 1. The van der Waals surface area contributed by atoms with Gasteiger partial charge < -0.3 is 11.1 Å². The van der Waals surface area contributed by atoms with E-state index < -0.39 is 5.91 Å². The van der Waals surface area contributed by atoms with Gasteiger partial charge in [0.05, 0.1) is 17.9 Å². The van der Waals surface area contributed by atoms with Gasteiger partial charge in [-0.25, -0.2) is 0 Å². The zero-order valence-electron chi connectivity index (χ0n) is 12.3. The number of thiocarbonyl (C=S) groups is 1. The van der Waals surface area contributed by atoms with Crippen molar-refractivity contribution >= 4 is 28.9 Å². The molecule has 0 bridgehead atoms. The maximum atomic E-state index is 12.0. The van der Waals surface area contributed by atoms with E-state index >= 15 is 0 Å². The van der Waals surface area contributed by atoms with E-state index in [1.165, 1.54) is 10.9 Å². The van der Waals surface area contributed by atoms with Crippen molar-refractivity contribution in [2.75, 3.05) is 5.73 Å².